The molecule has 1 aromatic rings. The smallest absolute Gasteiger partial charge is 0.299 e. The van der Waals surface area contributed by atoms with Crippen LogP contribution in [0, 0.1) is 5.82 Å². The largest absolute Gasteiger partial charge is 0.329 e. The van der Waals surface area contributed by atoms with E-state index in [9.17, 15) is 14.0 Å². The van der Waals surface area contributed by atoms with Gasteiger partial charge in [-0.05, 0) is 25.9 Å². The molecule has 2 rings (SSSR count). The minimum atomic E-state index is -1.10. The number of H-pyrrole nitrogens is 1. The van der Waals surface area contributed by atoms with Crippen molar-refractivity contribution >= 4 is 11.6 Å². The van der Waals surface area contributed by atoms with E-state index >= 15 is 0 Å². The molecule has 1 unspecified atom stereocenters. The maximum atomic E-state index is 13.4. The highest BCUT2D eigenvalue weighted by atomic mass is 35.5. The Balaban J connectivity index is 2.33. The third kappa shape index (κ3) is 2.35. The molecule has 5 nitrogen and oxygen atoms in total. The van der Waals surface area contributed by atoms with Crippen LogP contribution < -0.4 is 11.2 Å². The Labute approximate surface area is 108 Å². The molecule has 1 aliphatic heterocycles. The Bertz CT molecular complexity index is 554. The molecule has 1 aliphatic rings. The Hall–Kier alpha value is -1.14. The molecule has 1 atom stereocenters. The lowest BCUT2D eigenvalue weighted by atomic mass is 10.2. The van der Waals surface area contributed by atoms with Crippen LogP contribution in [-0.4, -0.2) is 33.6 Å². The summed E-state index contributed by atoms with van der Waals surface area (Å²) in [6.07, 6.45) is 1.94. The van der Waals surface area contributed by atoms with Crippen molar-refractivity contribution in [2.24, 2.45) is 0 Å². The van der Waals surface area contributed by atoms with Crippen molar-refractivity contribution in [1.29, 1.82) is 0 Å². The number of halogens is 2. The van der Waals surface area contributed by atoms with Gasteiger partial charge in [0.05, 0.1) is 0 Å². The van der Waals surface area contributed by atoms with E-state index in [1.807, 2.05) is 6.92 Å². The van der Waals surface area contributed by atoms with E-state index in [1.165, 1.54) is 0 Å². The molecule has 0 amide bonds. The maximum Gasteiger partial charge on any atom is 0.329 e. The molecule has 1 N–H and O–H groups in total. The fourth-order valence-electron chi connectivity index (χ4n) is 2.42. The molecule has 0 radical (unpaired) electrons. The predicted octanol–water partition coefficient (Wildman–Crippen LogP) is 0.813. The monoisotopic (exact) mass is 275 g/mol. The Morgan fingerprint density at radius 3 is 2.89 bits per heavy atom. The fraction of sp³-hybridized carbons (Fsp3) is 0.636. The second-order valence-corrected chi connectivity index (χ2v) is 4.78. The van der Waals surface area contributed by atoms with Crippen molar-refractivity contribution in [2.75, 3.05) is 13.1 Å². The second-order valence-electron chi connectivity index (χ2n) is 4.40. The number of rotatable bonds is 3. The summed E-state index contributed by atoms with van der Waals surface area (Å²) in [7, 11) is 0. The Morgan fingerprint density at radius 1 is 1.50 bits per heavy atom. The van der Waals surface area contributed by atoms with Gasteiger partial charge < -0.3 is 0 Å². The summed E-state index contributed by atoms with van der Waals surface area (Å²) in [6, 6.07) is 0.106. The van der Waals surface area contributed by atoms with E-state index in [0.29, 0.717) is 0 Å². The zero-order chi connectivity index (χ0) is 13.3. The summed E-state index contributed by atoms with van der Waals surface area (Å²) in [5, 5.41) is -0.528. The van der Waals surface area contributed by atoms with Crippen LogP contribution in [0.3, 0.4) is 0 Å². The summed E-state index contributed by atoms with van der Waals surface area (Å²) in [4.78, 5) is 27.6. The average molecular weight is 276 g/mol. The van der Waals surface area contributed by atoms with Crippen molar-refractivity contribution in [3.63, 3.8) is 0 Å². The van der Waals surface area contributed by atoms with Gasteiger partial charge in [0.25, 0.3) is 5.56 Å². The number of nitrogens with one attached hydrogen (secondary N) is 1. The maximum absolute atomic E-state index is 13.4. The lowest BCUT2D eigenvalue weighted by Gasteiger charge is -2.22. The lowest BCUT2D eigenvalue weighted by molar-refractivity contribution is 0.239. The molecule has 0 bridgehead atoms. The van der Waals surface area contributed by atoms with Gasteiger partial charge >= 0.3 is 5.69 Å². The normalized spacial score (nSPS) is 20.5. The zero-order valence-corrected chi connectivity index (χ0v) is 10.8. The molecule has 2 heterocycles. The number of aromatic amines is 1. The van der Waals surface area contributed by atoms with E-state index in [0.717, 1.165) is 30.5 Å². The number of likely N-dealkylation sites (N-methyl/N-ethyl adjacent to an activating group) is 1. The van der Waals surface area contributed by atoms with Crippen LogP contribution in [0.2, 0.25) is 5.15 Å². The molecule has 1 saturated heterocycles. The van der Waals surface area contributed by atoms with E-state index in [2.05, 4.69) is 9.88 Å². The van der Waals surface area contributed by atoms with Gasteiger partial charge in [-0.1, -0.05) is 18.5 Å². The van der Waals surface area contributed by atoms with Gasteiger partial charge in [0.15, 0.2) is 5.15 Å². The predicted molar refractivity (Wildman–Crippen MR) is 66.6 cm³/mol. The van der Waals surface area contributed by atoms with E-state index < -0.39 is 22.2 Å². The summed E-state index contributed by atoms with van der Waals surface area (Å²) >= 11 is 5.41. The fourth-order valence-corrected chi connectivity index (χ4v) is 2.58. The molecule has 1 aromatic heterocycles. The summed E-state index contributed by atoms with van der Waals surface area (Å²) in [5.41, 5.74) is -1.61. The lowest BCUT2D eigenvalue weighted by Crippen LogP contribution is -2.43. The van der Waals surface area contributed by atoms with Gasteiger partial charge in [-0.25, -0.2) is 4.79 Å². The molecule has 0 saturated carbocycles. The first kappa shape index (κ1) is 13.3. The summed E-state index contributed by atoms with van der Waals surface area (Å²) in [6.45, 7) is 4.03. The standard InChI is InChI=1S/C11H15ClFN3O2/c1-2-15-5-3-4-7(15)6-16-10(17)8(13)9(12)14-11(16)18/h7H,2-6H2,1H3,(H,14,18). The molecular weight excluding hydrogens is 261 g/mol. The topological polar surface area (TPSA) is 58.1 Å². The molecule has 7 heteroatoms. The van der Waals surface area contributed by atoms with Gasteiger partial charge in [0.1, 0.15) is 0 Å². The number of nitrogens with zero attached hydrogens (tertiary/aromatic N) is 2. The van der Waals surface area contributed by atoms with Crippen molar-refractivity contribution in [3.8, 4) is 0 Å². The quantitative estimate of drug-likeness (QED) is 0.831. The van der Waals surface area contributed by atoms with Crippen LogP contribution in [0.15, 0.2) is 9.59 Å². The number of likely N-dealkylation sites (tertiary alicyclic amines) is 1. The number of hydrogen-bond donors (Lipinski definition) is 1. The van der Waals surface area contributed by atoms with Gasteiger partial charge in [-0.3, -0.25) is 19.2 Å². The first-order chi connectivity index (χ1) is 8.54. The van der Waals surface area contributed by atoms with Gasteiger partial charge in [-0.2, -0.15) is 4.39 Å². The van der Waals surface area contributed by atoms with E-state index in [-0.39, 0.29) is 12.6 Å². The highest BCUT2D eigenvalue weighted by Gasteiger charge is 2.25. The SMILES string of the molecule is CCN1CCCC1Cn1c(=O)[nH]c(Cl)c(F)c1=O. The number of hydrogen-bond acceptors (Lipinski definition) is 3. The molecule has 0 spiro atoms. The van der Waals surface area contributed by atoms with Gasteiger partial charge in [-0.15, -0.1) is 0 Å². The Morgan fingerprint density at radius 2 is 2.22 bits per heavy atom. The first-order valence-electron chi connectivity index (χ1n) is 5.96. The van der Waals surface area contributed by atoms with Crippen LogP contribution in [0.25, 0.3) is 0 Å². The first-order valence-corrected chi connectivity index (χ1v) is 6.34. The highest BCUT2D eigenvalue weighted by molar-refractivity contribution is 6.29. The molecule has 18 heavy (non-hydrogen) atoms. The zero-order valence-electron chi connectivity index (χ0n) is 10.1. The van der Waals surface area contributed by atoms with Crippen LogP contribution in [0.4, 0.5) is 4.39 Å². The van der Waals surface area contributed by atoms with Crippen molar-refractivity contribution in [1.82, 2.24) is 14.5 Å². The van der Waals surface area contributed by atoms with Crippen LogP contribution in [0.1, 0.15) is 19.8 Å². The van der Waals surface area contributed by atoms with Crippen LogP contribution in [-0.2, 0) is 6.54 Å². The van der Waals surface area contributed by atoms with Crippen molar-refractivity contribution < 1.29 is 4.39 Å². The van der Waals surface area contributed by atoms with Crippen molar-refractivity contribution in [2.45, 2.75) is 32.4 Å². The third-order valence-corrected chi connectivity index (χ3v) is 3.65. The molecule has 0 aromatic carbocycles. The molecule has 100 valence electrons. The molecule has 0 aliphatic carbocycles. The van der Waals surface area contributed by atoms with Crippen LogP contribution >= 0.6 is 11.6 Å². The Kier molecular flexibility index (Phi) is 3.87. The summed E-state index contributed by atoms with van der Waals surface area (Å²) < 4.78 is 14.3. The minimum absolute atomic E-state index is 0.106. The average Bonchev–Trinajstić information content (AvgIpc) is 2.79. The van der Waals surface area contributed by atoms with E-state index in [4.69, 9.17) is 11.6 Å². The molecular formula is C11H15ClFN3O2. The second kappa shape index (κ2) is 5.24. The molecule has 1 fully saturated rings. The van der Waals surface area contributed by atoms with E-state index in [1.54, 1.807) is 0 Å². The summed E-state index contributed by atoms with van der Waals surface area (Å²) in [5.74, 6) is -1.10. The minimum Gasteiger partial charge on any atom is -0.299 e. The highest BCUT2D eigenvalue weighted by Crippen LogP contribution is 2.17. The number of aromatic nitrogens is 2. The van der Waals surface area contributed by atoms with Crippen molar-refractivity contribution in [3.05, 3.63) is 31.8 Å². The van der Waals surface area contributed by atoms with Gasteiger partial charge in [0.2, 0.25) is 5.82 Å². The van der Waals surface area contributed by atoms with Gasteiger partial charge in [0, 0.05) is 12.6 Å². The van der Waals surface area contributed by atoms with Crippen LogP contribution in [0.5, 0.6) is 0 Å². The third-order valence-electron chi connectivity index (χ3n) is 3.39.